The first-order chi connectivity index (χ1) is 10.8. The molecule has 1 saturated heterocycles. The molecule has 0 atom stereocenters. The molecule has 0 amide bonds. The Bertz CT molecular complexity index is 577. The first kappa shape index (κ1) is 15.3. The first-order valence-electron chi connectivity index (χ1n) is 8.49. The summed E-state index contributed by atoms with van der Waals surface area (Å²) in [5, 5.41) is 0. The van der Waals surface area contributed by atoms with Crippen LogP contribution < -0.4 is 5.73 Å². The van der Waals surface area contributed by atoms with Gasteiger partial charge in [0.2, 0.25) is 0 Å². The summed E-state index contributed by atoms with van der Waals surface area (Å²) in [5.41, 5.74) is 10.0. The molecular weight excluding hydrogens is 270 g/mol. The van der Waals surface area contributed by atoms with Crippen molar-refractivity contribution in [2.45, 2.75) is 45.2 Å². The SMILES string of the molecule is CCCc1ccc(-n2cccc2CN2CCC(N)CC2)cc1. The molecule has 3 heteroatoms. The number of aromatic nitrogens is 1. The molecule has 3 nitrogen and oxygen atoms in total. The Morgan fingerprint density at radius 3 is 2.50 bits per heavy atom. The Labute approximate surface area is 133 Å². The van der Waals surface area contributed by atoms with Gasteiger partial charge in [-0.05, 0) is 49.1 Å². The number of hydrogen-bond donors (Lipinski definition) is 1. The zero-order chi connectivity index (χ0) is 15.4. The van der Waals surface area contributed by atoms with Crippen LogP contribution in [0.3, 0.4) is 0 Å². The van der Waals surface area contributed by atoms with Crippen LogP contribution in [0, 0.1) is 0 Å². The molecule has 0 bridgehead atoms. The molecule has 0 radical (unpaired) electrons. The van der Waals surface area contributed by atoms with E-state index in [1.54, 1.807) is 0 Å². The summed E-state index contributed by atoms with van der Waals surface area (Å²) in [4.78, 5) is 2.51. The highest BCUT2D eigenvalue weighted by Crippen LogP contribution is 2.18. The van der Waals surface area contributed by atoms with Crippen LogP contribution in [0.15, 0.2) is 42.6 Å². The minimum Gasteiger partial charge on any atom is -0.328 e. The smallest absolute Gasteiger partial charge is 0.0453 e. The van der Waals surface area contributed by atoms with Crippen LogP contribution in [0.2, 0.25) is 0 Å². The van der Waals surface area contributed by atoms with E-state index in [0.717, 1.165) is 38.9 Å². The average Bonchev–Trinajstić information content (AvgIpc) is 2.99. The number of piperidine rings is 1. The van der Waals surface area contributed by atoms with Crippen LogP contribution in [0.25, 0.3) is 5.69 Å². The van der Waals surface area contributed by atoms with Crippen LogP contribution in [-0.2, 0) is 13.0 Å². The molecule has 2 N–H and O–H groups in total. The number of hydrogen-bond acceptors (Lipinski definition) is 2. The van der Waals surface area contributed by atoms with Crippen molar-refractivity contribution < 1.29 is 0 Å². The molecule has 0 spiro atoms. The normalized spacial score (nSPS) is 17.0. The molecule has 1 fully saturated rings. The van der Waals surface area contributed by atoms with Gasteiger partial charge in [-0.1, -0.05) is 25.5 Å². The van der Waals surface area contributed by atoms with E-state index in [1.165, 1.54) is 23.4 Å². The van der Waals surface area contributed by atoms with Gasteiger partial charge >= 0.3 is 0 Å². The van der Waals surface area contributed by atoms with E-state index >= 15 is 0 Å². The van der Waals surface area contributed by atoms with E-state index in [9.17, 15) is 0 Å². The molecule has 1 aliphatic heterocycles. The molecule has 2 heterocycles. The summed E-state index contributed by atoms with van der Waals surface area (Å²) in [6.45, 7) is 5.46. The van der Waals surface area contributed by atoms with Gasteiger partial charge in [0.05, 0.1) is 0 Å². The van der Waals surface area contributed by atoms with Gasteiger partial charge in [0.15, 0.2) is 0 Å². The van der Waals surface area contributed by atoms with E-state index in [4.69, 9.17) is 5.73 Å². The van der Waals surface area contributed by atoms with Gasteiger partial charge in [-0.2, -0.15) is 0 Å². The highest BCUT2D eigenvalue weighted by Gasteiger charge is 2.17. The topological polar surface area (TPSA) is 34.2 Å². The van der Waals surface area contributed by atoms with Crippen molar-refractivity contribution in [3.63, 3.8) is 0 Å². The van der Waals surface area contributed by atoms with E-state index in [1.807, 2.05) is 0 Å². The van der Waals surface area contributed by atoms with Crippen molar-refractivity contribution in [1.29, 1.82) is 0 Å². The van der Waals surface area contributed by atoms with Gasteiger partial charge in [0.1, 0.15) is 0 Å². The Kier molecular flexibility index (Phi) is 4.96. The molecule has 1 aromatic heterocycles. The predicted molar refractivity (Wildman–Crippen MR) is 92.3 cm³/mol. The van der Waals surface area contributed by atoms with Gasteiger partial charge in [-0.25, -0.2) is 0 Å². The van der Waals surface area contributed by atoms with Gasteiger partial charge in [0.25, 0.3) is 0 Å². The number of rotatable bonds is 5. The van der Waals surface area contributed by atoms with Crippen molar-refractivity contribution in [3.8, 4) is 5.69 Å². The van der Waals surface area contributed by atoms with E-state index in [0.29, 0.717) is 6.04 Å². The predicted octanol–water partition coefficient (Wildman–Crippen LogP) is 3.35. The Morgan fingerprint density at radius 1 is 1.09 bits per heavy atom. The Balaban J connectivity index is 1.71. The molecule has 1 aromatic carbocycles. The molecule has 3 rings (SSSR count). The fourth-order valence-corrected chi connectivity index (χ4v) is 3.25. The number of benzene rings is 1. The number of nitrogens with two attached hydrogens (primary N) is 1. The standard InChI is InChI=1S/C19H27N3/c1-2-4-16-6-8-18(9-7-16)22-12-3-5-19(22)15-21-13-10-17(20)11-14-21/h3,5-9,12,17H,2,4,10-11,13-15,20H2,1H3. The molecule has 0 unspecified atom stereocenters. The maximum Gasteiger partial charge on any atom is 0.0453 e. The van der Waals surface area contributed by atoms with E-state index in [-0.39, 0.29) is 0 Å². The van der Waals surface area contributed by atoms with Crippen molar-refractivity contribution >= 4 is 0 Å². The lowest BCUT2D eigenvalue weighted by Crippen LogP contribution is -2.39. The van der Waals surface area contributed by atoms with Crippen molar-refractivity contribution in [2.75, 3.05) is 13.1 Å². The largest absolute Gasteiger partial charge is 0.328 e. The molecule has 1 aliphatic rings. The van der Waals surface area contributed by atoms with Gasteiger partial charge in [-0.15, -0.1) is 0 Å². The molecule has 2 aromatic rings. The summed E-state index contributed by atoms with van der Waals surface area (Å²) < 4.78 is 2.31. The molecule has 22 heavy (non-hydrogen) atoms. The monoisotopic (exact) mass is 297 g/mol. The number of aryl methyl sites for hydroxylation is 1. The Morgan fingerprint density at radius 2 is 1.82 bits per heavy atom. The van der Waals surface area contributed by atoms with E-state index in [2.05, 4.69) is 59.0 Å². The minimum absolute atomic E-state index is 0.397. The second-order valence-electron chi connectivity index (χ2n) is 6.40. The lowest BCUT2D eigenvalue weighted by atomic mass is 10.1. The number of likely N-dealkylation sites (tertiary alicyclic amines) is 1. The summed E-state index contributed by atoms with van der Waals surface area (Å²) in [6.07, 6.45) is 6.76. The minimum atomic E-state index is 0.397. The van der Waals surface area contributed by atoms with Crippen LogP contribution in [0.1, 0.15) is 37.4 Å². The summed E-state index contributed by atoms with van der Waals surface area (Å²) in [7, 11) is 0. The third kappa shape index (κ3) is 3.60. The van der Waals surface area contributed by atoms with Crippen molar-refractivity contribution in [3.05, 3.63) is 53.9 Å². The van der Waals surface area contributed by atoms with Crippen LogP contribution in [0.5, 0.6) is 0 Å². The number of nitrogens with zero attached hydrogens (tertiary/aromatic N) is 2. The van der Waals surface area contributed by atoms with Gasteiger partial charge < -0.3 is 10.3 Å². The first-order valence-corrected chi connectivity index (χ1v) is 8.49. The fraction of sp³-hybridized carbons (Fsp3) is 0.474. The summed E-state index contributed by atoms with van der Waals surface area (Å²) in [5.74, 6) is 0. The van der Waals surface area contributed by atoms with E-state index < -0.39 is 0 Å². The maximum atomic E-state index is 6.00. The van der Waals surface area contributed by atoms with Crippen LogP contribution in [-0.4, -0.2) is 28.6 Å². The lowest BCUT2D eigenvalue weighted by molar-refractivity contribution is 0.202. The molecule has 0 saturated carbocycles. The molecule has 118 valence electrons. The van der Waals surface area contributed by atoms with Gasteiger partial charge in [0, 0.05) is 43.3 Å². The highest BCUT2D eigenvalue weighted by molar-refractivity contribution is 5.37. The zero-order valence-corrected chi connectivity index (χ0v) is 13.5. The molecular formula is C19H27N3. The summed E-state index contributed by atoms with van der Waals surface area (Å²) in [6, 6.07) is 13.8. The second kappa shape index (κ2) is 7.12. The fourth-order valence-electron chi connectivity index (χ4n) is 3.25. The van der Waals surface area contributed by atoms with Crippen LogP contribution in [0.4, 0.5) is 0 Å². The maximum absolute atomic E-state index is 6.00. The second-order valence-corrected chi connectivity index (χ2v) is 6.40. The third-order valence-electron chi connectivity index (χ3n) is 4.60. The van der Waals surface area contributed by atoms with Crippen molar-refractivity contribution in [2.24, 2.45) is 5.73 Å². The van der Waals surface area contributed by atoms with Crippen molar-refractivity contribution in [1.82, 2.24) is 9.47 Å². The van der Waals surface area contributed by atoms with Gasteiger partial charge in [-0.3, -0.25) is 4.90 Å². The van der Waals surface area contributed by atoms with Crippen LogP contribution >= 0.6 is 0 Å². The average molecular weight is 297 g/mol. The third-order valence-corrected chi connectivity index (χ3v) is 4.60. The quantitative estimate of drug-likeness (QED) is 0.918. The highest BCUT2D eigenvalue weighted by atomic mass is 15.2. The molecule has 0 aliphatic carbocycles. The zero-order valence-electron chi connectivity index (χ0n) is 13.5. The Hall–Kier alpha value is -1.58. The summed E-state index contributed by atoms with van der Waals surface area (Å²) >= 11 is 0. The lowest BCUT2D eigenvalue weighted by Gasteiger charge is -2.30.